The van der Waals surface area contributed by atoms with Gasteiger partial charge in [0.05, 0.1) is 0 Å². The number of hydrogen-bond donors (Lipinski definition) is 1. The highest BCUT2D eigenvalue weighted by molar-refractivity contribution is 9.10. The first-order chi connectivity index (χ1) is 10.1. The Labute approximate surface area is 141 Å². The molecule has 0 atom stereocenters. The van der Waals surface area contributed by atoms with Crippen LogP contribution in [0.5, 0.6) is 0 Å². The average molecular weight is 380 g/mol. The van der Waals surface area contributed by atoms with E-state index in [1.54, 1.807) is 0 Å². The van der Waals surface area contributed by atoms with Gasteiger partial charge in [0, 0.05) is 38.7 Å². The molecule has 0 saturated heterocycles. The van der Waals surface area contributed by atoms with Crippen molar-refractivity contribution in [1.82, 2.24) is 4.57 Å². The summed E-state index contributed by atoms with van der Waals surface area (Å²) in [6, 6.07) is 13.9. The van der Waals surface area contributed by atoms with E-state index in [4.69, 9.17) is 29.6 Å². The molecule has 5 heteroatoms. The molecule has 0 unspecified atom stereocenters. The molecule has 0 spiro atoms. The van der Waals surface area contributed by atoms with Gasteiger partial charge in [-0.1, -0.05) is 57.9 Å². The third-order valence-electron chi connectivity index (χ3n) is 3.43. The monoisotopic (exact) mass is 378 g/mol. The van der Waals surface area contributed by atoms with Crippen molar-refractivity contribution in [3.8, 4) is 0 Å². The summed E-state index contributed by atoms with van der Waals surface area (Å²) < 4.78 is 3.12. The van der Waals surface area contributed by atoms with Crippen molar-refractivity contribution in [3.05, 3.63) is 69.3 Å². The van der Waals surface area contributed by atoms with Crippen LogP contribution in [0, 0.1) is 0 Å². The number of benzene rings is 2. The molecule has 1 aromatic heterocycles. The van der Waals surface area contributed by atoms with Crippen molar-refractivity contribution >= 4 is 55.6 Å². The van der Waals surface area contributed by atoms with Crippen molar-refractivity contribution in [2.24, 2.45) is 5.73 Å². The summed E-state index contributed by atoms with van der Waals surface area (Å²) in [5.74, 6) is 0. The first-order valence-corrected chi connectivity index (χ1v) is 7.96. The summed E-state index contributed by atoms with van der Waals surface area (Å²) in [5, 5.41) is 1.81. The van der Waals surface area contributed by atoms with Gasteiger partial charge in [-0.25, -0.2) is 0 Å². The molecule has 0 radical (unpaired) electrons. The highest BCUT2D eigenvalue weighted by Crippen LogP contribution is 2.25. The number of hydrogen-bond acceptors (Lipinski definition) is 1. The average Bonchev–Trinajstić information content (AvgIpc) is 2.85. The first-order valence-electron chi connectivity index (χ1n) is 6.38. The van der Waals surface area contributed by atoms with E-state index < -0.39 is 0 Å². The highest BCUT2D eigenvalue weighted by atomic mass is 79.9. The van der Waals surface area contributed by atoms with Crippen molar-refractivity contribution in [2.75, 3.05) is 0 Å². The van der Waals surface area contributed by atoms with Gasteiger partial charge in [-0.2, -0.15) is 0 Å². The van der Waals surface area contributed by atoms with E-state index in [0.29, 0.717) is 11.5 Å². The Balaban J connectivity index is 2.06. The van der Waals surface area contributed by atoms with Gasteiger partial charge in [-0.05, 0) is 29.8 Å². The zero-order chi connectivity index (χ0) is 15.0. The van der Waals surface area contributed by atoms with Crippen LogP contribution in [0.1, 0.15) is 11.1 Å². The van der Waals surface area contributed by atoms with Crippen LogP contribution in [0.25, 0.3) is 10.9 Å². The molecule has 106 valence electrons. The molecule has 0 aliphatic rings. The minimum atomic E-state index is 0.417. The fourth-order valence-corrected chi connectivity index (χ4v) is 3.32. The quantitative estimate of drug-likeness (QED) is 0.666. The number of thiocarbonyl (C=S) groups is 1. The second-order valence-corrected chi connectivity index (χ2v) is 6.54. The Morgan fingerprint density at radius 2 is 2.05 bits per heavy atom. The largest absolute Gasteiger partial charge is 0.389 e. The molecular weight excluding hydrogens is 368 g/mol. The molecule has 0 aliphatic carbocycles. The summed E-state index contributed by atoms with van der Waals surface area (Å²) in [6.45, 7) is 0.705. The van der Waals surface area contributed by atoms with E-state index >= 15 is 0 Å². The SMILES string of the molecule is NC(=S)c1cccc2c1ccn2Cc1ccc(Br)cc1Cl. The minimum Gasteiger partial charge on any atom is -0.389 e. The van der Waals surface area contributed by atoms with Crippen molar-refractivity contribution < 1.29 is 0 Å². The van der Waals surface area contributed by atoms with E-state index in [1.807, 2.05) is 42.6 Å². The Morgan fingerprint density at radius 3 is 2.76 bits per heavy atom. The highest BCUT2D eigenvalue weighted by Gasteiger charge is 2.09. The molecule has 2 N–H and O–H groups in total. The molecule has 0 bridgehead atoms. The van der Waals surface area contributed by atoms with Crippen molar-refractivity contribution in [3.63, 3.8) is 0 Å². The Kier molecular flexibility index (Phi) is 4.02. The predicted octanol–water partition coefficient (Wildman–Crippen LogP) is 4.74. The van der Waals surface area contributed by atoms with E-state index in [0.717, 1.165) is 31.5 Å². The fourth-order valence-electron chi connectivity index (χ4n) is 2.41. The summed E-state index contributed by atoms with van der Waals surface area (Å²) in [5.41, 5.74) is 8.85. The van der Waals surface area contributed by atoms with Gasteiger partial charge in [0.15, 0.2) is 0 Å². The fraction of sp³-hybridized carbons (Fsp3) is 0.0625. The second-order valence-electron chi connectivity index (χ2n) is 4.78. The number of nitrogens with two attached hydrogens (primary N) is 1. The van der Waals surface area contributed by atoms with E-state index in [9.17, 15) is 0 Å². The standard InChI is InChI=1S/C16H12BrClN2S/c17-11-5-4-10(14(18)8-11)9-20-7-6-12-13(16(19)21)2-1-3-15(12)20/h1-8H,9H2,(H2,19,21). The molecule has 2 aromatic carbocycles. The molecule has 0 saturated carbocycles. The van der Waals surface area contributed by atoms with Crippen LogP contribution < -0.4 is 5.73 Å². The smallest absolute Gasteiger partial charge is 0.104 e. The summed E-state index contributed by atoms with van der Waals surface area (Å²) >= 11 is 14.8. The van der Waals surface area contributed by atoms with Crippen LogP contribution in [0.4, 0.5) is 0 Å². The summed E-state index contributed by atoms with van der Waals surface area (Å²) in [7, 11) is 0. The lowest BCUT2D eigenvalue weighted by atomic mass is 10.1. The van der Waals surface area contributed by atoms with Crippen molar-refractivity contribution in [2.45, 2.75) is 6.54 Å². The van der Waals surface area contributed by atoms with Gasteiger partial charge in [-0.15, -0.1) is 0 Å². The Morgan fingerprint density at radius 1 is 1.24 bits per heavy atom. The maximum atomic E-state index is 6.30. The lowest BCUT2D eigenvalue weighted by molar-refractivity contribution is 0.837. The summed E-state index contributed by atoms with van der Waals surface area (Å²) in [4.78, 5) is 0.417. The van der Waals surface area contributed by atoms with Gasteiger partial charge >= 0.3 is 0 Å². The third kappa shape index (κ3) is 2.84. The normalized spacial score (nSPS) is 11.0. The van der Waals surface area contributed by atoms with Crippen LogP contribution in [0.2, 0.25) is 5.02 Å². The van der Waals surface area contributed by atoms with E-state index in [2.05, 4.69) is 26.6 Å². The van der Waals surface area contributed by atoms with Crippen LogP contribution in [-0.2, 0) is 6.54 Å². The molecule has 0 aliphatic heterocycles. The number of fused-ring (bicyclic) bond motifs is 1. The zero-order valence-corrected chi connectivity index (χ0v) is 14.2. The number of nitrogens with zero attached hydrogens (tertiary/aromatic N) is 1. The third-order valence-corrected chi connectivity index (χ3v) is 4.50. The molecule has 1 heterocycles. The maximum absolute atomic E-state index is 6.30. The molecule has 0 amide bonds. The van der Waals surface area contributed by atoms with Gasteiger partial charge in [-0.3, -0.25) is 0 Å². The van der Waals surface area contributed by atoms with E-state index in [-0.39, 0.29) is 0 Å². The zero-order valence-electron chi connectivity index (χ0n) is 11.0. The van der Waals surface area contributed by atoms with E-state index in [1.165, 1.54) is 0 Å². The maximum Gasteiger partial charge on any atom is 0.104 e. The Bertz CT molecular complexity index is 841. The molecular formula is C16H12BrClN2S. The van der Waals surface area contributed by atoms with Crippen LogP contribution >= 0.6 is 39.7 Å². The molecule has 0 fully saturated rings. The molecule has 21 heavy (non-hydrogen) atoms. The van der Waals surface area contributed by atoms with Crippen LogP contribution in [0.15, 0.2) is 53.1 Å². The Hall–Kier alpha value is -1.36. The number of aromatic nitrogens is 1. The van der Waals surface area contributed by atoms with Gasteiger partial charge in [0.2, 0.25) is 0 Å². The molecule has 2 nitrogen and oxygen atoms in total. The lowest BCUT2D eigenvalue weighted by Gasteiger charge is -2.09. The topological polar surface area (TPSA) is 30.9 Å². The first kappa shape index (κ1) is 14.6. The lowest BCUT2D eigenvalue weighted by Crippen LogP contribution is -2.09. The van der Waals surface area contributed by atoms with Gasteiger partial charge in [0.1, 0.15) is 4.99 Å². The molecule has 3 rings (SSSR count). The molecule has 3 aromatic rings. The van der Waals surface area contributed by atoms with Crippen LogP contribution in [0.3, 0.4) is 0 Å². The minimum absolute atomic E-state index is 0.417. The van der Waals surface area contributed by atoms with Crippen molar-refractivity contribution in [1.29, 1.82) is 0 Å². The van der Waals surface area contributed by atoms with Crippen LogP contribution in [-0.4, -0.2) is 9.56 Å². The number of rotatable bonds is 3. The second kappa shape index (κ2) is 5.79. The predicted molar refractivity (Wildman–Crippen MR) is 96.1 cm³/mol. The summed E-state index contributed by atoms with van der Waals surface area (Å²) in [6.07, 6.45) is 2.03. The van der Waals surface area contributed by atoms with Gasteiger partial charge in [0.25, 0.3) is 0 Å². The van der Waals surface area contributed by atoms with Gasteiger partial charge < -0.3 is 10.3 Å². The number of halogens is 2.